The van der Waals surface area contributed by atoms with Crippen molar-refractivity contribution in [1.29, 1.82) is 5.41 Å². The van der Waals surface area contributed by atoms with Crippen molar-refractivity contribution < 1.29 is 8.76 Å². The van der Waals surface area contributed by atoms with Gasteiger partial charge in [0.15, 0.2) is 5.04 Å². The second-order valence-electron chi connectivity index (χ2n) is 1.94. The van der Waals surface area contributed by atoms with E-state index >= 15 is 0 Å². The summed E-state index contributed by atoms with van der Waals surface area (Å²) in [7, 11) is 0. The van der Waals surface area contributed by atoms with Crippen LogP contribution < -0.4 is 0 Å². The van der Waals surface area contributed by atoms with E-state index in [0.29, 0.717) is 5.56 Å². The van der Waals surface area contributed by atoms with E-state index < -0.39 is 11.1 Å². The van der Waals surface area contributed by atoms with E-state index in [1.807, 2.05) is 0 Å². The lowest BCUT2D eigenvalue weighted by atomic mass is 10.2. The lowest BCUT2D eigenvalue weighted by Gasteiger charge is -1.96. The second-order valence-corrected chi connectivity index (χ2v) is 2.85. The average molecular weight is 169 g/mol. The quantitative estimate of drug-likeness (QED) is 0.377. The van der Waals surface area contributed by atoms with Gasteiger partial charge in [-0.05, 0) is 0 Å². The minimum atomic E-state index is -2.18. The number of nitrogens with one attached hydrogen (secondary N) is 1. The Bertz CT molecular complexity index is 284. The third-order valence-corrected chi connectivity index (χ3v) is 1.80. The molecule has 0 spiro atoms. The molecule has 4 heteroatoms. The number of benzene rings is 1. The Morgan fingerprint density at radius 2 is 1.91 bits per heavy atom. The molecule has 0 radical (unpaired) electrons. The first-order valence-corrected chi connectivity index (χ1v) is 4.07. The molecule has 2 N–H and O–H groups in total. The number of rotatable bonds is 1. The topological polar surface area (TPSA) is 61.2 Å². The Morgan fingerprint density at radius 3 is 2.36 bits per heavy atom. The van der Waals surface area contributed by atoms with Gasteiger partial charge in [0.2, 0.25) is 11.1 Å². The van der Waals surface area contributed by atoms with Gasteiger partial charge in [-0.3, -0.25) is 5.41 Å². The molecule has 0 amide bonds. The molecule has 0 bridgehead atoms. The van der Waals surface area contributed by atoms with E-state index in [1.54, 1.807) is 30.3 Å². The van der Waals surface area contributed by atoms with Crippen molar-refractivity contribution in [3.05, 3.63) is 35.9 Å². The fourth-order valence-corrected chi connectivity index (χ4v) is 1.03. The molecule has 1 unspecified atom stereocenters. The van der Waals surface area contributed by atoms with Gasteiger partial charge in [-0.25, -0.2) is 4.21 Å². The molecule has 0 aromatic heterocycles. The fraction of sp³-hybridized carbons (Fsp3) is 0. The molecule has 0 aliphatic heterocycles. The standard InChI is InChI=1S/C7H7NO2S/c8-7(11(9)10)6-4-2-1-3-5-6/h1-5,8H,(H,9,10). The first-order valence-electron chi connectivity index (χ1n) is 2.96. The summed E-state index contributed by atoms with van der Waals surface area (Å²) in [5.74, 6) is 0. The van der Waals surface area contributed by atoms with Crippen LogP contribution >= 0.6 is 0 Å². The van der Waals surface area contributed by atoms with E-state index in [-0.39, 0.29) is 5.04 Å². The maximum Gasteiger partial charge on any atom is 0.205 e. The van der Waals surface area contributed by atoms with Crippen LogP contribution in [-0.4, -0.2) is 13.8 Å². The Hall–Kier alpha value is -1.00. The lowest BCUT2D eigenvalue weighted by Crippen LogP contribution is -2.05. The van der Waals surface area contributed by atoms with Crippen LogP contribution in [0.5, 0.6) is 0 Å². The van der Waals surface area contributed by atoms with E-state index in [2.05, 4.69) is 0 Å². The number of hydrogen-bond acceptors (Lipinski definition) is 2. The first kappa shape index (κ1) is 8.10. The summed E-state index contributed by atoms with van der Waals surface area (Å²) in [6.07, 6.45) is 0. The lowest BCUT2D eigenvalue weighted by molar-refractivity contribution is 0.577. The minimum absolute atomic E-state index is 0.259. The molecule has 0 saturated carbocycles. The molecule has 1 atom stereocenters. The van der Waals surface area contributed by atoms with Gasteiger partial charge in [0.05, 0.1) is 0 Å². The van der Waals surface area contributed by atoms with Gasteiger partial charge >= 0.3 is 0 Å². The Kier molecular flexibility index (Phi) is 2.51. The predicted molar refractivity (Wildman–Crippen MR) is 44.0 cm³/mol. The van der Waals surface area contributed by atoms with E-state index in [9.17, 15) is 4.21 Å². The zero-order chi connectivity index (χ0) is 8.27. The largest absolute Gasteiger partial charge is 0.301 e. The highest BCUT2D eigenvalue weighted by molar-refractivity contribution is 7.96. The molecule has 0 heterocycles. The molecule has 1 aromatic carbocycles. The van der Waals surface area contributed by atoms with Gasteiger partial charge in [-0.15, -0.1) is 0 Å². The van der Waals surface area contributed by atoms with Gasteiger partial charge in [0.25, 0.3) is 0 Å². The third kappa shape index (κ3) is 1.96. The smallest absolute Gasteiger partial charge is 0.205 e. The van der Waals surface area contributed by atoms with Crippen molar-refractivity contribution >= 4 is 16.1 Å². The van der Waals surface area contributed by atoms with Crippen molar-refractivity contribution in [3.8, 4) is 0 Å². The molecule has 0 fully saturated rings. The van der Waals surface area contributed by atoms with E-state index in [1.165, 1.54) is 0 Å². The van der Waals surface area contributed by atoms with Crippen LogP contribution in [0.25, 0.3) is 0 Å². The first-order chi connectivity index (χ1) is 5.22. The fourth-order valence-electron chi connectivity index (χ4n) is 0.690. The van der Waals surface area contributed by atoms with Gasteiger partial charge < -0.3 is 4.55 Å². The summed E-state index contributed by atoms with van der Waals surface area (Å²) >= 11 is -2.18. The number of hydrogen-bond donors (Lipinski definition) is 2. The summed E-state index contributed by atoms with van der Waals surface area (Å²) in [6, 6.07) is 8.47. The van der Waals surface area contributed by atoms with Crippen LogP contribution in [0.1, 0.15) is 5.56 Å². The predicted octanol–water partition coefficient (Wildman–Crippen LogP) is 1.23. The van der Waals surface area contributed by atoms with E-state index in [0.717, 1.165) is 0 Å². The van der Waals surface area contributed by atoms with Crippen molar-refractivity contribution in [1.82, 2.24) is 0 Å². The van der Waals surface area contributed by atoms with Crippen LogP contribution in [0.15, 0.2) is 30.3 Å². The van der Waals surface area contributed by atoms with Crippen LogP contribution in [0.3, 0.4) is 0 Å². The maximum absolute atomic E-state index is 10.4. The molecule has 58 valence electrons. The van der Waals surface area contributed by atoms with Crippen molar-refractivity contribution in [2.45, 2.75) is 0 Å². The second kappa shape index (κ2) is 3.41. The zero-order valence-electron chi connectivity index (χ0n) is 5.65. The molecule has 1 aromatic rings. The summed E-state index contributed by atoms with van der Waals surface area (Å²) in [4.78, 5) is 0. The summed E-state index contributed by atoms with van der Waals surface area (Å²) in [5, 5.41) is 6.88. The average Bonchev–Trinajstić information content (AvgIpc) is 2.05. The van der Waals surface area contributed by atoms with Crippen molar-refractivity contribution in [2.24, 2.45) is 0 Å². The molecular weight excluding hydrogens is 162 g/mol. The van der Waals surface area contributed by atoms with Gasteiger partial charge in [0.1, 0.15) is 0 Å². The van der Waals surface area contributed by atoms with Crippen LogP contribution in [0, 0.1) is 5.41 Å². The third-order valence-electron chi connectivity index (χ3n) is 1.21. The zero-order valence-corrected chi connectivity index (χ0v) is 6.47. The van der Waals surface area contributed by atoms with Crippen molar-refractivity contribution in [2.75, 3.05) is 0 Å². The summed E-state index contributed by atoms with van der Waals surface area (Å²) < 4.78 is 18.9. The minimum Gasteiger partial charge on any atom is -0.301 e. The van der Waals surface area contributed by atoms with E-state index in [4.69, 9.17) is 9.96 Å². The van der Waals surface area contributed by atoms with Crippen LogP contribution in [0.4, 0.5) is 0 Å². The Labute approximate surface area is 66.9 Å². The molecule has 1 rings (SSSR count). The van der Waals surface area contributed by atoms with Gasteiger partial charge in [0, 0.05) is 5.56 Å². The molecule has 0 aliphatic carbocycles. The highest BCUT2D eigenvalue weighted by Gasteiger charge is 2.04. The monoisotopic (exact) mass is 169 g/mol. The molecular formula is C7H7NO2S. The Balaban J connectivity index is 2.95. The molecule has 11 heavy (non-hydrogen) atoms. The van der Waals surface area contributed by atoms with Crippen molar-refractivity contribution in [3.63, 3.8) is 0 Å². The molecule has 3 nitrogen and oxygen atoms in total. The highest BCUT2D eigenvalue weighted by atomic mass is 32.2. The summed E-state index contributed by atoms with van der Waals surface area (Å²) in [6.45, 7) is 0. The molecule has 0 aliphatic rings. The SMILES string of the molecule is N=C(c1ccccc1)S(=O)O. The van der Waals surface area contributed by atoms with Gasteiger partial charge in [-0.2, -0.15) is 0 Å². The maximum atomic E-state index is 10.4. The Morgan fingerprint density at radius 1 is 1.36 bits per heavy atom. The normalized spacial score (nSPS) is 12.5. The van der Waals surface area contributed by atoms with Gasteiger partial charge in [-0.1, -0.05) is 30.3 Å². The molecule has 0 saturated heterocycles. The summed E-state index contributed by atoms with van der Waals surface area (Å²) in [5.41, 5.74) is 0.480. The highest BCUT2D eigenvalue weighted by Crippen LogP contribution is 2.00. The van der Waals surface area contributed by atoms with Crippen LogP contribution in [-0.2, 0) is 11.1 Å². The van der Waals surface area contributed by atoms with Crippen LogP contribution in [0.2, 0.25) is 0 Å².